The van der Waals surface area contributed by atoms with Gasteiger partial charge in [0, 0.05) is 22.8 Å². The van der Waals surface area contributed by atoms with E-state index in [9.17, 15) is 4.39 Å². The van der Waals surface area contributed by atoms with Gasteiger partial charge in [-0.05, 0) is 61.7 Å². The van der Waals surface area contributed by atoms with E-state index < -0.39 is 0 Å². The van der Waals surface area contributed by atoms with E-state index in [1.54, 1.807) is 6.07 Å². The van der Waals surface area contributed by atoms with Gasteiger partial charge in [-0.1, -0.05) is 41.0 Å². The molecule has 1 unspecified atom stereocenters. The second kappa shape index (κ2) is 8.72. The summed E-state index contributed by atoms with van der Waals surface area (Å²) in [5, 5.41) is 10.4. The summed E-state index contributed by atoms with van der Waals surface area (Å²) < 4.78 is 21.1. The minimum atomic E-state index is -0.349. The minimum Gasteiger partial charge on any atom is -0.483 e. The van der Waals surface area contributed by atoms with Crippen LogP contribution in [0.2, 0.25) is 10.0 Å². The van der Waals surface area contributed by atoms with Crippen molar-refractivity contribution in [2.24, 2.45) is 7.05 Å². The van der Waals surface area contributed by atoms with Crippen LogP contribution in [0.15, 0.2) is 35.5 Å². The van der Waals surface area contributed by atoms with E-state index in [0.717, 1.165) is 32.6 Å². The molecule has 148 valence electrons. The Balaban J connectivity index is 1.71. The molecule has 0 fully saturated rings. The van der Waals surface area contributed by atoms with Crippen LogP contribution in [-0.2, 0) is 12.8 Å². The van der Waals surface area contributed by atoms with Crippen LogP contribution < -0.4 is 4.74 Å². The summed E-state index contributed by atoms with van der Waals surface area (Å²) in [6.07, 6.45) is -0.291. The van der Waals surface area contributed by atoms with Crippen LogP contribution >= 0.6 is 35.0 Å². The summed E-state index contributed by atoms with van der Waals surface area (Å²) in [6.45, 7) is 5.82. The van der Waals surface area contributed by atoms with Gasteiger partial charge in [-0.25, -0.2) is 4.39 Å². The first-order valence-electron chi connectivity index (χ1n) is 8.65. The molecule has 8 heteroatoms. The van der Waals surface area contributed by atoms with Gasteiger partial charge in [0.25, 0.3) is 0 Å². The van der Waals surface area contributed by atoms with Crippen molar-refractivity contribution >= 4 is 35.0 Å². The summed E-state index contributed by atoms with van der Waals surface area (Å²) in [4.78, 5) is 0. The number of aryl methyl sites for hydroxylation is 2. The Kier molecular flexibility index (Phi) is 6.53. The van der Waals surface area contributed by atoms with Crippen molar-refractivity contribution in [3.8, 4) is 5.75 Å². The van der Waals surface area contributed by atoms with Gasteiger partial charge in [-0.15, -0.1) is 10.2 Å². The highest BCUT2D eigenvalue weighted by Gasteiger charge is 2.18. The van der Waals surface area contributed by atoms with E-state index in [1.807, 2.05) is 44.5 Å². The molecule has 0 saturated carbocycles. The monoisotopic (exact) mass is 439 g/mol. The molecule has 0 amide bonds. The van der Waals surface area contributed by atoms with Crippen LogP contribution in [0.3, 0.4) is 0 Å². The maximum Gasteiger partial charge on any atom is 0.191 e. The van der Waals surface area contributed by atoms with Crippen molar-refractivity contribution < 1.29 is 9.13 Å². The third-order valence-electron chi connectivity index (χ3n) is 4.33. The van der Waals surface area contributed by atoms with Gasteiger partial charge in [0.2, 0.25) is 0 Å². The van der Waals surface area contributed by atoms with Crippen LogP contribution in [0, 0.1) is 19.7 Å². The average molecular weight is 440 g/mol. The van der Waals surface area contributed by atoms with E-state index >= 15 is 0 Å². The van der Waals surface area contributed by atoms with Crippen molar-refractivity contribution in [2.75, 3.05) is 0 Å². The molecule has 0 bridgehead atoms. The molecule has 0 aliphatic rings. The Morgan fingerprint density at radius 2 is 1.82 bits per heavy atom. The van der Waals surface area contributed by atoms with Crippen molar-refractivity contribution in [2.45, 2.75) is 37.8 Å². The summed E-state index contributed by atoms with van der Waals surface area (Å²) in [6, 6.07) is 8.21. The lowest BCUT2D eigenvalue weighted by Gasteiger charge is -2.16. The van der Waals surface area contributed by atoms with Crippen molar-refractivity contribution in [3.63, 3.8) is 0 Å². The zero-order valence-corrected chi connectivity index (χ0v) is 18.3. The van der Waals surface area contributed by atoms with Crippen LogP contribution in [0.5, 0.6) is 5.75 Å². The van der Waals surface area contributed by atoms with Gasteiger partial charge in [0.05, 0.1) is 0 Å². The van der Waals surface area contributed by atoms with E-state index in [4.69, 9.17) is 27.9 Å². The Labute approximate surface area is 178 Å². The smallest absolute Gasteiger partial charge is 0.191 e. The fourth-order valence-corrected chi connectivity index (χ4v) is 4.16. The number of halogens is 3. The molecule has 3 aromatic rings. The predicted molar refractivity (Wildman–Crippen MR) is 112 cm³/mol. The Hall–Kier alpha value is -1.76. The van der Waals surface area contributed by atoms with Crippen LogP contribution in [-0.4, -0.2) is 14.8 Å². The molecule has 1 heterocycles. The van der Waals surface area contributed by atoms with E-state index in [0.29, 0.717) is 16.6 Å². The largest absolute Gasteiger partial charge is 0.483 e. The topological polar surface area (TPSA) is 39.9 Å². The van der Waals surface area contributed by atoms with Crippen LogP contribution in [0.1, 0.15) is 35.5 Å². The Bertz CT molecular complexity index is 986. The average Bonchev–Trinajstić information content (AvgIpc) is 2.99. The molecule has 0 saturated heterocycles. The summed E-state index contributed by atoms with van der Waals surface area (Å²) >= 11 is 13.8. The zero-order chi connectivity index (χ0) is 20.4. The van der Waals surface area contributed by atoms with E-state index in [1.165, 1.54) is 23.9 Å². The van der Waals surface area contributed by atoms with Gasteiger partial charge in [-0.3, -0.25) is 0 Å². The van der Waals surface area contributed by atoms with Crippen LogP contribution in [0.4, 0.5) is 4.39 Å². The Morgan fingerprint density at radius 3 is 2.46 bits per heavy atom. The molecule has 3 rings (SSSR count). The zero-order valence-electron chi connectivity index (χ0n) is 16.0. The molecular formula is C20H20Cl2FN3OS. The molecule has 1 atom stereocenters. The number of nitrogens with zero attached hydrogens (tertiary/aromatic N) is 3. The number of hydrogen-bond donors (Lipinski definition) is 0. The number of rotatable bonds is 6. The fraction of sp³-hybridized carbons (Fsp3) is 0.300. The molecule has 0 aliphatic heterocycles. The molecule has 0 radical (unpaired) electrons. The summed E-state index contributed by atoms with van der Waals surface area (Å²) in [5.74, 6) is 1.66. The molecule has 0 aliphatic carbocycles. The first-order chi connectivity index (χ1) is 13.3. The number of ether oxygens (including phenoxy) is 1. The van der Waals surface area contributed by atoms with Crippen LogP contribution in [0.25, 0.3) is 0 Å². The highest BCUT2D eigenvalue weighted by atomic mass is 35.5. The number of benzene rings is 2. The van der Waals surface area contributed by atoms with Gasteiger partial charge in [0.15, 0.2) is 17.1 Å². The highest BCUT2D eigenvalue weighted by molar-refractivity contribution is 7.98. The van der Waals surface area contributed by atoms with Gasteiger partial charge in [0.1, 0.15) is 11.6 Å². The van der Waals surface area contributed by atoms with Crippen molar-refractivity contribution in [3.05, 3.63) is 68.7 Å². The highest BCUT2D eigenvalue weighted by Crippen LogP contribution is 2.30. The second-order valence-electron chi connectivity index (χ2n) is 6.56. The molecule has 0 N–H and O–H groups in total. The molecule has 2 aromatic carbocycles. The lowest BCUT2D eigenvalue weighted by atomic mass is 10.1. The molecular weight excluding hydrogens is 420 g/mol. The summed E-state index contributed by atoms with van der Waals surface area (Å²) in [7, 11) is 1.89. The molecule has 28 heavy (non-hydrogen) atoms. The van der Waals surface area contributed by atoms with Crippen molar-refractivity contribution in [1.29, 1.82) is 0 Å². The lowest BCUT2D eigenvalue weighted by Crippen LogP contribution is -2.10. The minimum absolute atomic E-state index is 0.291. The normalized spacial score (nSPS) is 12.2. The third-order valence-corrected chi connectivity index (χ3v) is 6.34. The fourth-order valence-electron chi connectivity index (χ4n) is 2.82. The quantitative estimate of drug-likeness (QED) is 0.421. The molecule has 4 nitrogen and oxygen atoms in total. The lowest BCUT2D eigenvalue weighted by molar-refractivity contribution is 0.211. The molecule has 1 aromatic heterocycles. The number of thioether (sulfide) groups is 1. The molecule has 0 spiro atoms. The first kappa shape index (κ1) is 21.0. The Morgan fingerprint density at radius 1 is 1.14 bits per heavy atom. The van der Waals surface area contributed by atoms with Gasteiger partial charge in [-0.2, -0.15) is 0 Å². The number of aromatic nitrogens is 3. The SMILES string of the molecule is Cc1cc(OC(C)c2nnc(SCc3ccc(F)cc3Cl)n2C)cc(C)c1Cl. The predicted octanol–water partition coefficient (Wildman–Crippen LogP) is 6.31. The maximum atomic E-state index is 13.2. The van der Waals surface area contributed by atoms with Gasteiger partial charge >= 0.3 is 0 Å². The third kappa shape index (κ3) is 4.62. The van der Waals surface area contributed by atoms with Crippen molar-refractivity contribution in [1.82, 2.24) is 14.8 Å². The first-order valence-corrected chi connectivity index (χ1v) is 10.4. The standard InChI is InChI=1S/C20H20Cl2FN3OS/c1-11-7-16(8-12(2)18(11)22)27-13(3)19-24-25-20(26(19)4)28-10-14-5-6-15(23)9-17(14)21/h5-9,13H,10H2,1-4H3. The van der Waals surface area contributed by atoms with E-state index in [2.05, 4.69) is 10.2 Å². The van der Waals surface area contributed by atoms with E-state index in [-0.39, 0.29) is 11.9 Å². The van der Waals surface area contributed by atoms with Gasteiger partial charge < -0.3 is 9.30 Å². The number of hydrogen-bond acceptors (Lipinski definition) is 4. The summed E-state index contributed by atoms with van der Waals surface area (Å²) in [5.41, 5.74) is 2.78. The maximum absolute atomic E-state index is 13.2. The second-order valence-corrected chi connectivity index (χ2v) is 8.28.